The van der Waals surface area contributed by atoms with Crippen LogP contribution in [0.2, 0.25) is 0 Å². The summed E-state index contributed by atoms with van der Waals surface area (Å²) in [5, 5.41) is 9.48. The van der Waals surface area contributed by atoms with Crippen LogP contribution in [-0.2, 0) is 5.54 Å². The topological polar surface area (TPSA) is 59.7 Å². The van der Waals surface area contributed by atoms with E-state index in [-0.39, 0.29) is 5.54 Å². The van der Waals surface area contributed by atoms with Gasteiger partial charge in [0, 0.05) is 31.0 Å². The van der Waals surface area contributed by atoms with Crippen LogP contribution in [0.4, 0.5) is 5.95 Å². The highest BCUT2D eigenvalue weighted by Crippen LogP contribution is 2.52. The van der Waals surface area contributed by atoms with Crippen molar-refractivity contribution >= 4 is 5.95 Å². The summed E-state index contributed by atoms with van der Waals surface area (Å²) in [4.78, 5) is 13.1. The van der Waals surface area contributed by atoms with Gasteiger partial charge in [0.1, 0.15) is 5.69 Å². The minimum atomic E-state index is 0.122. The molecule has 2 aromatic heterocycles. The molecule has 2 fully saturated rings. The maximum atomic E-state index is 4.83. The Morgan fingerprint density at radius 3 is 2.35 bits per heavy atom. The fourth-order valence-corrected chi connectivity index (χ4v) is 4.19. The van der Waals surface area contributed by atoms with Gasteiger partial charge >= 0.3 is 0 Å². The standard InChI is InChI=1S/C20H22N6/c1-2-5-16(6-3-1)18-15-23-26(24-18)20(9-10-20)17-7-13-25(14-8-17)19-21-11-4-12-22-19/h1-6,11-12,15,17H,7-10,13-14H2. The molecule has 6 heteroatoms. The van der Waals surface area contributed by atoms with Gasteiger partial charge in [0.05, 0.1) is 11.7 Å². The molecule has 1 aromatic carbocycles. The number of piperidine rings is 1. The normalized spacial score (nSPS) is 19.5. The van der Waals surface area contributed by atoms with Crippen LogP contribution in [0.1, 0.15) is 25.7 Å². The van der Waals surface area contributed by atoms with Crippen LogP contribution in [0.25, 0.3) is 11.3 Å². The van der Waals surface area contributed by atoms with E-state index in [1.54, 1.807) is 0 Å². The first-order valence-corrected chi connectivity index (χ1v) is 9.35. The highest BCUT2D eigenvalue weighted by atomic mass is 15.5. The highest BCUT2D eigenvalue weighted by molar-refractivity contribution is 5.57. The Morgan fingerprint density at radius 1 is 0.923 bits per heavy atom. The van der Waals surface area contributed by atoms with Crippen LogP contribution >= 0.6 is 0 Å². The molecule has 3 aromatic rings. The molecule has 1 saturated carbocycles. The molecule has 0 bridgehead atoms. The minimum Gasteiger partial charge on any atom is -0.341 e. The van der Waals surface area contributed by atoms with Crippen LogP contribution in [-0.4, -0.2) is 38.1 Å². The van der Waals surface area contributed by atoms with E-state index in [1.807, 2.05) is 47.7 Å². The van der Waals surface area contributed by atoms with Gasteiger partial charge in [-0.2, -0.15) is 15.0 Å². The lowest BCUT2D eigenvalue weighted by atomic mass is 9.87. The lowest BCUT2D eigenvalue weighted by Crippen LogP contribution is -2.41. The van der Waals surface area contributed by atoms with Gasteiger partial charge in [-0.25, -0.2) is 9.97 Å². The molecule has 0 unspecified atom stereocenters. The van der Waals surface area contributed by atoms with E-state index in [4.69, 9.17) is 5.10 Å². The van der Waals surface area contributed by atoms with Crippen molar-refractivity contribution in [2.24, 2.45) is 5.92 Å². The van der Waals surface area contributed by atoms with Gasteiger partial charge in [-0.15, -0.1) is 0 Å². The lowest BCUT2D eigenvalue weighted by Gasteiger charge is -2.35. The molecule has 1 aliphatic heterocycles. The molecular formula is C20H22N6. The Balaban J connectivity index is 1.31. The number of hydrogen-bond donors (Lipinski definition) is 0. The molecule has 6 nitrogen and oxygen atoms in total. The third-order valence-corrected chi connectivity index (χ3v) is 5.81. The third kappa shape index (κ3) is 2.66. The van der Waals surface area contributed by atoms with Gasteiger partial charge in [0.2, 0.25) is 5.95 Å². The fourth-order valence-electron chi connectivity index (χ4n) is 4.19. The summed E-state index contributed by atoms with van der Waals surface area (Å²) in [5.41, 5.74) is 2.22. The smallest absolute Gasteiger partial charge is 0.225 e. The first kappa shape index (κ1) is 15.5. The molecule has 1 aliphatic carbocycles. The summed E-state index contributed by atoms with van der Waals surface area (Å²) >= 11 is 0. The average Bonchev–Trinajstić information content (AvgIpc) is 3.38. The molecule has 0 amide bonds. The Kier molecular flexibility index (Phi) is 3.69. The fraction of sp³-hybridized carbons (Fsp3) is 0.400. The number of hydrogen-bond acceptors (Lipinski definition) is 5. The zero-order valence-corrected chi connectivity index (χ0v) is 14.7. The van der Waals surface area contributed by atoms with Gasteiger partial charge < -0.3 is 4.90 Å². The van der Waals surface area contributed by atoms with Crippen LogP contribution in [0.15, 0.2) is 55.0 Å². The van der Waals surface area contributed by atoms with Crippen molar-refractivity contribution in [3.63, 3.8) is 0 Å². The summed E-state index contributed by atoms with van der Waals surface area (Å²) in [5.74, 6) is 1.47. The van der Waals surface area contributed by atoms with Crippen molar-refractivity contribution in [3.05, 3.63) is 55.0 Å². The quantitative estimate of drug-likeness (QED) is 0.726. The maximum Gasteiger partial charge on any atom is 0.225 e. The summed E-state index contributed by atoms with van der Waals surface area (Å²) in [6, 6.07) is 12.2. The van der Waals surface area contributed by atoms with Crippen molar-refractivity contribution in [2.75, 3.05) is 18.0 Å². The summed E-state index contributed by atoms with van der Waals surface area (Å²) in [7, 11) is 0. The predicted molar refractivity (Wildman–Crippen MR) is 99.6 cm³/mol. The molecule has 5 rings (SSSR count). The van der Waals surface area contributed by atoms with Crippen molar-refractivity contribution in [2.45, 2.75) is 31.2 Å². The molecule has 2 aliphatic rings. The predicted octanol–water partition coefficient (Wildman–Crippen LogP) is 3.14. The van der Waals surface area contributed by atoms with Gasteiger partial charge in [-0.3, -0.25) is 0 Å². The Hall–Kier alpha value is -2.76. The second-order valence-corrected chi connectivity index (χ2v) is 7.30. The number of benzene rings is 1. The first-order valence-electron chi connectivity index (χ1n) is 9.35. The van der Waals surface area contributed by atoms with Crippen LogP contribution in [0, 0.1) is 5.92 Å². The second-order valence-electron chi connectivity index (χ2n) is 7.30. The van der Waals surface area contributed by atoms with Crippen molar-refractivity contribution in [1.82, 2.24) is 25.0 Å². The van der Waals surface area contributed by atoms with Crippen LogP contribution < -0.4 is 4.90 Å². The van der Waals surface area contributed by atoms with Gasteiger partial charge in [0.25, 0.3) is 0 Å². The minimum absolute atomic E-state index is 0.122. The van der Waals surface area contributed by atoms with Crippen LogP contribution in [0.3, 0.4) is 0 Å². The van der Waals surface area contributed by atoms with Gasteiger partial charge in [-0.1, -0.05) is 30.3 Å². The summed E-state index contributed by atoms with van der Waals surface area (Å²) < 4.78 is 0. The van der Waals surface area contributed by atoms with E-state index in [9.17, 15) is 0 Å². The number of nitrogens with zero attached hydrogens (tertiary/aromatic N) is 6. The molecule has 3 heterocycles. The zero-order chi connectivity index (χ0) is 17.4. The number of aromatic nitrogens is 5. The first-order chi connectivity index (χ1) is 12.9. The van der Waals surface area contributed by atoms with E-state index < -0.39 is 0 Å². The number of anilines is 1. The monoisotopic (exact) mass is 346 g/mol. The highest BCUT2D eigenvalue weighted by Gasteiger charge is 2.53. The SMILES string of the molecule is c1ccc(-c2cnn(C3(C4CCN(c5ncccn5)CC4)CC3)n2)cc1. The molecular weight excluding hydrogens is 324 g/mol. The maximum absolute atomic E-state index is 4.83. The molecule has 1 saturated heterocycles. The van der Waals surface area contributed by atoms with E-state index in [2.05, 4.69) is 32.1 Å². The van der Waals surface area contributed by atoms with Crippen LogP contribution in [0.5, 0.6) is 0 Å². The molecule has 0 radical (unpaired) electrons. The molecule has 0 spiro atoms. The average molecular weight is 346 g/mol. The Bertz CT molecular complexity index is 864. The van der Waals surface area contributed by atoms with Crippen molar-refractivity contribution in [3.8, 4) is 11.3 Å². The molecule has 0 atom stereocenters. The van der Waals surface area contributed by atoms with Gasteiger partial charge in [-0.05, 0) is 37.7 Å². The molecule has 132 valence electrons. The Morgan fingerprint density at radius 2 is 1.65 bits per heavy atom. The van der Waals surface area contributed by atoms with E-state index >= 15 is 0 Å². The second kappa shape index (κ2) is 6.20. The lowest BCUT2D eigenvalue weighted by molar-refractivity contribution is 0.213. The largest absolute Gasteiger partial charge is 0.341 e. The van der Waals surface area contributed by atoms with Gasteiger partial charge in [0.15, 0.2) is 0 Å². The summed E-state index contributed by atoms with van der Waals surface area (Å²) in [6.45, 7) is 2.01. The molecule has 26 heavy (non-hydrogen) atoms. The van der Waals surface area contributed by atoms with E-state index in [0.717, 1.165) is 43.1 Å². The third-order valence-electron chi connectivity index (χ3n) is 5.81. The van der Waals surface area contributed by atoms with E-state index in [0.29, 0.717) is 5.92 Å². The van der Waals surface area contributed by atoms with Crippen molar-refractivity contribution in [1.29, 1.82) is 0 Å². The number of rotatable bonds is 4. The van der Waals surface area contributed by atoms with Crippen molar-refractivity contribution < 1.29 is 0 Å². The zero-order valence-electron chi connectivity index (χ0n) is 14.7. The summed E-state index contributed by atoms with van der Waals surface area (Å²) in [6.07, 6.45) is 10.2. The Labute approximate surface area is 152 Å². The molecule has 0 N–H and O–H groups in total. The van der Waals surface area contributed by atoms with E-state index in [1.165, 1.54) is 12.8 Å².